The number of hydrogen-bond donors (Lipinski definition) is 1. The van der Waals surface area contributed by atoms with Gasteiger partial charge in [0.15, 0.2) is 0 Å². The van der Waals surface area contributed by atoms with E-state index in [0.29, 0.717) is 5.56 Å². The summed E-state index contributed by atoms with van der Waals surface area (Å²) in [6.07, 6.45) is 1.06. The van der Waals surface area contributed by atoms with E-state index in [2.05, 4.69) is 29.4 Å². The molecule has 0 saturated heterocycles. The molecule has 2 rings (SSSR count). The van der Waals surface area contributed by atoms with Crippen molar-refractivity contribution in [2.45, 2.75) is 40.2 Å². The summed E-state index contributed by atoms with van der Waals surface area (Å²) in [6.45, 7) is 8.87. The molecule has 0 saturated carbocycles. The fourth-order valence-electron chi connectivity index (χ4n) is 2.60. The Hall–Kier alpha value is -1.74. The van der Waals surface area contributed by atoms with Crippen molar-refractivity contribution in [2.24, 2.45) is 0 Å². The third kappa shape index (κ3) is 3.88. The van der Waals surface area contributed by atoms with Crippen molar-refractivity contribution in [1.82, 2.24) is 10.3 Å². The van der Waals surface area contributed by atoms with Gasteiger partial charge in [0.25, 0.3) is 0 Å². The van der Waals surface area contributed by atoms with Gasteiger partial charge in [-0.2, -0.15) is 0 Å². The second kappa shape index (κ2) is 6.81. The van der Waals surface area contributed by atoms with Crippen LogP contribution in [0.1, 0.15) is 47.5 Å². The van der Waals surface area contributed by atoms with Crippen molar-refractivity contribution < 1.29 is 4.39 Å². The molecule has 0 amide bonds. The average Bonchev–Trinajstić information content (AvgIpc) is 2.42. The fourth-order valence-corrected chi connectivity index (χ4v) is 2.60. The Bertz CT molecular complexity index is 602. The highest BCUT2D eigenvalue weighted by Crippen LogP contribution is 2.25. The van der Waals surface area contributed by atoms with Crippen LogP contribution >= 0.6 is 0 Å². The van der Waals surface area contributed by atoms with Crippen LogP contribution in [-0.4, -0.2) is 11.5 Å². The topological polar surface area (TPSA) is 24.9 Å². The summed E-state index contributed by atoms with van der Waals surface area (Å²) >= 11 is 0. The summed E-state index contributed by atoms with van der Waals surface area (Å²) in [5.74, 6) is -0.157. The van der Waals surface area contributed by atoms with Crippen LogP contribution < -0.4 is 5.32 Å². The largest absolute Gasteiger partial charge is 0.306 e. The highest BCUT2D eigenvalue weighted by molar-refractivity contribution is 5.35. The summed E-state index contributed by atoms with van der Waals surface area (Å²) in [5, 5.41) is 3.55. The van der Waals surface area contributed by atoms with E-state index in [9.17, 15) is 4.39 Å². The molecule has 2 aromatic rings. The van der Waals surface area contributed by atoms with Gasteiger partial charge in [0.05, 0.1) is 6.04 Å². The molecule has 1 N–H and O–H groups in total. The Morgan fingerprint density at radius 2 is 1.71 bits per heavy atom. The zero-order valence-corrected chi connectivity index (χ0v) is 13.2. The summed E-state index contributed by atoms with van der Waals surface area (Å²) in [6, 6.07) is 9.60. The summed E-state index contributed by atoms with van der Waals surface area (Å²) in [4.78, 5) is 4.43. The van der Waals surface area contributed by atoms with Crippen LogP contribution in [0.4, 0.5) is 4.39 Å². The number of aromatic nitrogens is 1. The highest BCUT2D eigenvalue weighted by Gasteiger charge is 2.15. The van der Waals surface area contributed by atoms with Gasteiger partial charge in [0.1, 0.15) is 5.82 Å². The van der Waals surface area contributed by atoms with E-state index in [1.54, 1.807) is 13.0 Å². The lowest BCUT2D eigenvalue weighted by Gasteiger charge is -2.21. The molecule has 3 heteroatoms. The Kier molecular flexibility index (Phi) is 5.07. The van der Waals surface area contributed by atoms with Gasteiger partial charge in [-0.3, -0.25) is 4.98 Å². The second-order valence-corrected chi connectivity index (χ2v) is 5.58. The standard InChI is InChI=1S/C18H23FN2/c1-5-8-20-18(15-6-7-17(19)12(2)9-15)16-10-13(3)21-14(4)11-16/h6-7,9-11,18,20H,5,8H2,1-4H3. The van der Waals surface area contributed by atoms with Crippen molar-refractivity contribution in [2.75, 3.05) is 6.54 Å². The number of nitrogens with zero attached hydrogens (tertiary/aromatic N) is 1. The van der Waals surface area contributed by atoms with Crippen LogP contribution in [-0.2, 0) is 0 Å². The van der Waals surface area contributed by atoms with E-state index >= 15 is 0 Å². The molecule has 0 aliphatic carbocycles. The molecule has 0 aliphatic rings. The molecule has 0 spiro atoms. The first kappa shape index (κ1) is 15.6. The van der Waals surface area contributed by atoms with E-state index < -0.39 is 0 Å². The van der Waals surface area contributed by atoms with Crippen molar-refractivity contribution in [1.29, 1.82) is 0 Å². The first-order chi connectivity index (χ1) is 10.0. The van der Waals surface area contributed by atoms with Crippen LogP contribution in [0.2, 0.25) is 0 Å². The SMILES string of the molecule is CCCNC(c1cc(C)nc(C)c1)c1ccc(F)c(C)c1. The summed E-state index contributed by atoms with van der Waals surface area (Å²) in [7, 11) is 0. The first-order valence-electron chi connectivity index (χ1n) is 7.46. The monoisotopic (exact) mass is 286 g/mol. The fraction of sp³-hybridized carbons (Fsp3) is 0.389. The first-order valence-corrected chi connectivity index (χ1v) is 7.46. The van der Waals surface area contributed by atoms with Crippen molar-refractivity contribution >= 4 is 0 Å². The summed E-state index contributed by atoms with van der Waals surface area (Å²) < 4.78 is 13.5. The maximum Gasteiger partial charge on any atom is 0.126 e. The molecule has 21 heavy (non-hydrogen) atoms. The summed E-state index contributed by atoms with van der Waals surface area (Å²) in [5.41, 5.74) is 4.96. The molecular weight excluding hydrogens is 263 g/mol. The molecule has 112 valence electrons. The number of nitrogens with one attached hydrogen (secondary N) is 1. The van der Waals surface area contributed by atoms with Crippen LogP contribution in [0.15, 0.2) is 30.3 Å². The maximum absolute atomic E-state index is 13.5. The molecule has 1 atom stereocenters. The highest BCUT2D eigenvalue weighted by atomic mass is 19.1. The Morgan fingerprint density at radius 1 is 1.05 bits per heavy atom. The minimum absolute atomic E-state index is 0.0737. The number of pyridine rings is 1. The average molecular weight is 286 g/mol. The third-order valence-electron chi connectivity index (χ3n) is 3.55. The Morgan fingerprint density at radius 3 is 2.29 bits per heavy atom. The van der Waals surface area contributed by atoms with Crippen molar-refractivity contribution in [3.8, 4) is 0 Å². The quantitative estimate of drug-likeness (QED) is 0.889. The molecule has 1 heterocycles. The van der Waals surface area contributed by atoms with Gasteiger partial charge in [0, 0.05) is 11.4 Å². The molecule has 0 bridgehead atoms. The molecular formula is C18H23FN2. The Labute approximate surface area is 126 Å². The van der Waals surface area contributed by atoms with Gasteiger partial charge >= 0.3 is 0 Å². The molecule has 0 radical (unpaired) electrons. The van der Waals surface area contributed by atoms with Crippen LogP contribution in [0, 0.1) is 26.6 Å². The van der Waals surface area contributed by atoms with E-state index in [1.807, 2.05) is 26.0 Å². The number of rotatable bonds is 5. The Balaban J connectivity index is 2.43. The van der Waals surface area contributed by atoms with Crippen LogP contribution in [0.25, 0.3) is 0 Å². The van der Waals surface area contributed by atoms with Gasteiger partial charge in [0.2, 0.25) is 0 Å². The maximum atomic E-state index is 13.5. The van der Waals surface area contributed by atoms with E-state index in [1.165, 1.54) is 5.56 Å². The number of aryl methyl sites for hydroxylation is 3. The zero-order chi connectivity index (χ0) is 15.4. The van der Waals surface area contributed by atoms with Gasteiger partial charge in [-0.25, -0.2) is 4.39 Å². The lowest BCUT2D eigenvalue weighted by Crippen LogP contribution is -2.23. The zero-order valence-electron chi connectivity index (χ0n) is 13.2. The predicted octanol–water partition coefficient (Wildman–Crippen LogP) is 4.23. The molecule has 1 aromatic heterocycles. The number of halogens is 1. The normalized spacial score (nSPS) is 12.4. The second-order valence-electron chi connectivity index (χ2n) is 5.58. The minimum atomic E-state index is -0.157. The van der Waals surface area contributed by atoms with Crippen LogP contribution in [0.3, 0.4) is 0 Å². The van der Waals surface area contributed by atoms with Crippen LogP contribution in [0.5, 0.6) is 0 Å². The minimum Gasteiger partial charge on any atom is -0.306 e. The third-order valence-corrected chi connectivity index (χ3v) is 3.55. The molecule has 2 nitrogen and oxygen atoms in total. The molecule has 0 aliphatic heterocycles. The number of hydrogen-bond acceptors (Lipinski definition) is 2. The lowest BCUT2D eigenvalue weighted by atomic mass is 9.96. The number of benzene rings is 1. The van der Waals surface area contributed by atoms with Gasteiger partial charge in [-0.1, -0.05) is 19.1 Å². The van der Waals surface area contributed by atoms with E-state index in [-0.39, 0.29) is 11.9 Å². The molecule has 1 aromatic carbocycles. The molecule has 0 fully saturated rings. The van der Waals surface area contributed by atoms with Gasteiger partial charge < -0.3 is 5.32 Å². The van der Waals surface area contributed by atoms with E-state index in [0.717, 1.165) is 29.9 Å². The van der Waals surface area contributed by atoms with Gasteiger partial charge in [-0.15, -0.1) is 0 Å². The smallest absolute Gasteiger partial charge is 0.126 e. The lowest BCUT2D eigenvalue weighted by molar-refractivity contribution is 0.589. The van der Waals surface area contributed by atoms with E-state index in [4.69, 9.17) is 0 Å². The molecule has 1 unspecified atom stereocenters. The van der Waals surface area contributed by atoms with Crippen molar-refractivity contribution in [3.63, 3.8) is 0 Å². The van der Waals surface area contributed by atoms with Crippen molar-refractivity contribution in [3.05, 3.63) is 64.2 Å². The van der Waals surface area contributed by atoms with Gasteiger partial charge in [-0.05, 0) is 68.6 Å². The predicted molar refractivity (Wildman–Crippen MR) is 85.0 cm³/mol.